The summed E-state index contributed by atoms with van der Waals surface area (Å²) in [7, 11) is 3.01. The summed E-state index contributed by atoms with van der Waals surface area (Å²) in [6.45, 7) is 3.81. The summed E-state index contributed by atoms with van der Waals surface area (Å²) in [6.07, 6.45) is 1.53. The molecule has 1 amide bonds. The van der Waals surface area contributed by atoms with Gasteiger partial charge in [-0.1, -0.05) is 23.7 Å². The van der Waals surface area contributed by atoms with Crippen molar-refractivity contribution < 1.29 is 24.2 Å². The minimum absolute atomic E-state index is 0.00797. The molecule has 2 aromatic rings. The van der Waals surface area contributed by atoms with Crippen LogP contribution >= 0.6 is 11.6 Å². The van der Waals surface area contributed by atoms with Gasteiger partial charge in [0, 0.05) is 17.1 Å². The quantitative estimate of drug-likeness (QED) is 0.335. The van der Waals surface area contributed by atoms with Gasteiger partial charge in [0.15, 0.2) is 11.5 Å². The normalized spacial score (nSPS) is 18.0. The number of aliphatic hydroxyl groups is 1. The number of hydrogen-bond donors (Lipinski definition) is 1. The van der Waals surface area contributed by atoms with E-state index < -0.39 is 17.7 Å². The Hall–Kier alpha value is -3.25. The van der Waals surface area contributed by atoms with Crippen molar-refractivity contribution in [3.05, 3.63) is 76.8 Å². The largest absolute Gasteiger partial charge is 0.507 e. The Labute approximate surface area is 173 Å². The Bertz CT molecular complexity index is 997. The van der Waals surface area contributed by atoms with Crippen molar-refractivity contribution in [2.24, 2.45) is 0 Å². The fourth-order valence-electron chi connectivity index (χ4n) is 3.34. The lowest BCUT2D eigenvalue weighted by molar-refractivity contribution is -0.139. The molecular weight excluding hydrogens is 394 g/mol. The minimum atomic E-state index is -0.802. The summed E-state index contributed by atoms with van der Waals surface area (Å²) in [5.41, 5.74) is 0.974. The van der Waals surface area contributed by atoms with E-state index in [1.165, 1.54) is 25.2 Å². The minimum Gasteiger partial charge on any atom is -0.507 e. The molecule has 1 saturated heterocycles. The first-order valence-electron chi connectivity index (χ1n) is 8.80. The van der Waals surface area contributed by atoms with Crippen molar-refractivity contribution in [3.8, 4) is 11.5 Å². The number of rotatable bonds is 6. The van der Waals surface area contributed by atoms with Gasteiger partial charge in [-0.05, 0) is 42.0 Å². The molecule has 7 heteroatoms. The Kier molecular flexibility index (Phi) is 5.94. The lowest BCUT2D eigenvalue weighted by Gasteiger charge is -2.24. The highest BCUT2D eigenvalue weighted by Crippen LogP contribution is 2.41. The molecule has 1 aliphatic heterocycles. The maximum absolute atomic E-state index is 12.8. The fourth-order valence-corrected chi connectivity index (χ4v) is 3.47. The molecule has 2 aromatic carbocycles. The third-order valence-electron chi connectivity index (χ3n) is 4.71. The number of methoxy groups -OCH3 is 2. The van der Waals surface area contributed by atoms with E-state index in [1.807, 2.05) is 0 Å². The first-order chi connectivity index (χ1) is 13.9. The van der Waals surface area contributed by atoms with Gasteiger partial charge in [0.05, 0.1) is 25.8 Å². The summed E-state index contributed by atoms with van der Waals surface area (Å²) in [4.78, 5) is 26.8. The van der Waals surface area contributed by atoms with Crippen LogP contribution in [0.15, 0.2) is 60.7 Å². The molecule has 150 valence electrons. The van der Waals surface area contributed by atoms with Crippen LogP contribution in [0.4, 0.5) is 0 Å². The fraction of sp³-hybridized carbons (Fsp3) is 0.182. The SMILES string of the molecule is C=CCN1C(=O)C(=O)/C(=C(\O)c2ccc(Cl)cc2)C1c1ccc(OC)c(OC)c1. The van der Waals surface area contributed by atoms with Crippen LogP contribution in [0.2, 0.25) is 5.02 Å². The Morgan fingerprint density at radius 2 is 1.79 bits per heavy atom. The first-order valence-corrected chi connectivity index (χ1v) is 9.17. The molecule has 29 heavy (non-hydrogen) atoms. The number of Topliss-reactive ketones (excluding diaryl/α,β-unsaturated/α-hetero) is 1. The van der Waals surface area contributed by atoms with Crippen molar-refractivity contribution in [3.63, 3.8) is 0 Å². The standard InChI is InChI=1S/C22H20ClNO5/c1-4-11-24-19(14-7-10-16(28-2)17(12-14)29-3)18(21(26)22(24)27)20(25)13-5-8-15(23)9-6-13/h4-10,12,19,25H,1,11H2,2-3H3/b20-18-. The van der Waals surface area contributed by atoms with Crippen LogP contribution in [0.3, 0.4) is 0 Å². The summed E-state index contributed by atoms with van der Waals surface area (Å²) >= 11 is 5.91. The van der Waals surface area contributed by atoms with E-state index in [4.69, 9.17) is 21.1 Å². The second kappa shape index (κ2) is 8.41. The lowest BCUT2D eigenvalue weighted by atomic mass is 9.95. The predicted octanol–water partition coefficient (Wildman–Crippen LogP) is 3.96. The van der Waals surface area contributed by atoms with E-state index in [0.717, 1.165) is 0 Å². The van der Waals surface area contributed by atoms with Gasteiger partial charge in [0.25, 0.3) is 11.7 Å². The number of amides is 1. The topological polar surface area (TPSA) is 76.1 Å². The van der Waals surface area contributed by atoms with Crippen LogP contribution in [-0.4, -0.2) is 42.5 Å². The molecule has 1 unspecified atom stereocenters. The zero-order chi connectivity index (χ0) is 21.1. The first kappa shape index (κ1) is 20.5. The van der Waals surface area contributed by atoms with Gasteiger partial charge in [-0.2, -0.15) is 0 Å². The number of ether oxygens (including phenoxy) is 2. The number of likely N-dealkylation sites (tertiary alicyclic amines) is 1. The van der Waals surface area contributed by atoms with Gasteiger partial charge in [-0.15, -0.1) is 6.58 Å². The molecule has 1 N–H and O–H groups in total. The average Bonchev–Trinajstić information content (AvgIpc) is 2.98. The molecule has 1 heterocycles. The zero-order valence-corrected chi connectivity index (χ0v) is 16.8. The maximum Gasteiger partial charge on any atom is 0.295 e. The summed E-state index contributed by atoms with van der Waals surface area (Å²) < 4.78 is 10.6. The molecule has 3 rings (SSSR count). The van der Waals surface area contributed by atoms with Crippen molar-refractivity contribution in [1.29, 1.82) is 0 Å². The van der Waals surface area contributed by atoms with Gasteiger partial charge >= 0.3 is 0 Å². The van der Waals surface area contributed by atoms with Gasteiger partial charge in [0.1, 0.15) is 5.76 Å². The van der Waals surface area contributed by atoms with Crippen LogP contribution in [-0.2, 0) is 9.59 Å². The molecule has 1 aliphatic rings. The van der Waals surface area contributed by atoms with E-state index in [1.54, 1.807) is 42.5 Å². The Balaban J connectivity index is 2.21. The van der Waals surface area contributed by atoms with E-state index in [-0.39, 0.29) is 17.9 Å². The molecular formula is C22H20ClNO5. The van der Waals surface area contributed by atoms with Crippen LogP contribution in [0.25, 0.3) is 5.76 Å². The molecule has 0 saturated carbocycles. The van der Waals surface area contributed by atoms with E-state index in [9.17, 15) is 14.7 Å². The molecule has 0 aromatic heterocycles. The second-order valence-electron chi connectivity index (χ2n) is 6.36. The highest BCUT2D eigenvalue weighted by Gasteiger charge is 2.45. The summed E-state index contributed by atoms with van der Waals surface area (Å²) in [5.74, 6) is -0.791. The number of halogens is 1. The van der Waals surface area contributed by atoms with Crippen LogP contribution in [0.1, 0.15) is 17.2 Å². The predicted molar refractivity (Wildman–Crippen MR) is 110 cm³/mol. The number of carbonyl (C=O) groups excluding carboxylic acids is 2. The lowest BCUT2D eigenvalue weighted by Crippen LogP contribution is -2.29. The number of benzene rings is 2. The molecule has 0 aliphatic carbocycles. The van der Waals surface area contributed by atoms with Crippen molar-refractivity contribution in [2.45, 2.75) is 6.04 Å². The number of ketones is 1. The summed E-state index contributed by atoms with van der Waals surface area (Å²) in [5, 5.41) is 11.4. The molecule has 1 fully saturated rings. The molecule has 1 atom stereocenters. The van der Waals surface area contributed by atoms with E-state index in [0.29, 0.717) is 27.6 Å². The van der Waals surface area contributed by atoms with Gasteiger partial charge in [0.2, 0.25) is 0 Å². The highest BCUT2D eigenvalue weighted by atomic mass is 35.5. The van der Waals surface area contributed by atoms with Crippen molar-refractivity contribution in [2.75, 3.05) is 20.8 Å². The smallest absolute Gasteiger partial charge is 0.295 e. The van der Waals surface area contributed by atoms with Crippen molar-refractivity contribution in [1.82, 2.24) is 4.90 Å². The van der Waals surface area contributed by atoms with Crippen molar-refractivity contribution >= 4 is 29.1 Å². The molecule has 0 spiro atoms. The highest BCUT2D eigenvalue weighted by molar-refractivity contribution is 6.46. The number of hydrogen-bond acceptors (Lipinski definition) is 5. The Morgan fingerprint density at radius 3 is 2.38 bits per heavy atom. The van der Waals surface area contributed by atoms with Gasteiger partial charge in [-0.25, -0.2) is 0 Å². The number of aliphatic hydroxyl groups excluding tert-OH is 1. The average molecular weight is 414 g/mol. The van der Waals surface area contributed by atoms with Crippen LogP contribution in [0.5, 0.6) is 11.5 Å². The Morgan fingerprint density at radius 1 is 1.14 bits per heavy atom. The number of nitrogens with zero attached hydrogens (tertiary/aromatic N) is 1. The summed E-state index contributed by atoms with van der Waals surface area (Å²) in [6, 6.07) is 10.7. The maximum atomic E-state index is 12.8. The van der Waals surface area contributed by atoms with Crippen LogP contribution < -0.4 is 9.47 Å². The van der Waals surface area contributed by atoms with E-state index >= 15 is 0 Å². The third-order valence-corrected chi connectivity index (χ3v) is 4.96. The molecule has 0 bridgehead atoms. The monoisotopic (exact) mass is 413 g/mol. The number of carbonyl (C=O) groups is 2. The van der Waals surface area contributed by atoms with Gasteiger partial charge < -0.3 is 19.5 Å². The van der Waals surface area contributed by atoms with E-state index in [2.05, 4.69) is 6.58 Å². The van der Waals surface area contributed by atoms with Crippen LogP contribution in [0, 0.1) is 0 Å². The molecule has 6 nitrogen and oxygen atoms in total. The van der Waals surface area contributed by atoms with Gasteiger partial charge in [-0.3, -0.25) is 9.59 Å². The second-order valence-corrected chi connectivity index (χ2v) is 6.80. The zero-order valence-electron chi connectivity index (χ0n) is 16.0. The molecule has 0 radical (unpaired) electrons. The third kappa shape index (κ3) is 3.71.